The van der Waals surface area contributed by atoms with Crippen molar-refractivity contribution in [2.24, 2.45) is 0 Å². The third-order valence-corrected chi connectivity index (χ3v) is 2.29. The van der Waals surface area contributed by atoms with Gasteiger partial charge in [0, 0.05) is 23.0 Å². The van der Waals surface area contributed by atoms with E-state index in [1.165, 1.54) is 25.4 Å². The van der Waals surface area contributed by atoms with Gasteiger partial charge in [0.05, 0.1) is 18.1 Å². The Balaban J connectivity index is 2.84. The number of methoxy groups -OCH3 is 1. The number of hydrogen-bond acceptors (Lipinski definition) is 5. The molecule has 0 atom stereocenters. The Morgan fingerprint density at radius 3 is 2.81 bits per heavy atom. The first-order chi connectivity index (χ1) is 7.63. The number of non-ortho nitro benzene ring substituents is 1. The molecule has 0 saturated heterocycles. The van der Waals surface area contributed by atoms with Crippen molar-refractivity contribution in [3.05, 3.63) is 34.5 Å². The number of nitrogen functional groups attached to an aromatic ring is 1. The summed E-state index contributed by atoms with van der Waals surface area (Å²) < 4.78 is 5.09. The van der Waals surface area contributed by atoms with Crippen LogP contribution in [0.3, 0.4) is 0 Å². The van der Waals surface area contributed by atoms with Gasteiger partial charge in [-0.15, -0.1) is 0 Å². The normalized spacial score (nSPS) is 10.3. The van der Waals surface area contributed by atoms with Crippen LogP contribution in [0.25, 0.3) is 10.8 Å². The van der Waals surface area contributed by atoms with E-state index in [4.69, 9.17) is 10.5 Å². The number of benzene rings is 1. The smallest absolute Gasteiger partial charge is 0.273 e. The van der Waals surface area contributed by atoms with Gasteiger partial charge < -0.3 is 10.5 Å². The number of nitrogens with two attached hydrogens (primary N) is 1. The summed E-state index contributed by atoms with van der Waals surface area (Å²) in [4.78, 5) is 14.1. The van der Waals surface area contributed by atoms with Crippen LogP contribution in [0.1, 0.15) is 0 Å². The molecule has 1 aromatic carbocycles. The van der Waals surface area contributed by atoms with Crippen LogP contribution in [0, 0.1) is 10.1 Å². The molecule has 0 aliphatic carbocycles. The fraction of sp³-hybridized carbons (Fsp3) is 0.100. The van der Waals surface area contributed by atoms with Crippen LogP contribution < -0.4 is 10.5 Å². The molecule has 1 aromatic heterocycles. The van der Waals surface area contributed by atoms with Crippen molar-refractivity contribution < 1.29 is 9.66 Å². The Hall–Kier alpha value is -2.37. The fourth-order valence-electron chi connectivity index (χ4n) is 1.53. The first-order valence-electron chi connectivity index (χ1n) is 4.50. The van der Waals surface area contributed by atoms with E-state index in [2.05, 4.69) is 4.98 Å². The quantitative estimate of drug-likeness (QED) is 0.613. The summed E-state index contributed by atoms with van der Waals surface area (Å²) in [6.45, 7) is 0. The number of nitro groups is 1. The van der Waals surface area contributed by atoms with Gasteiger partial charge >= 0.3 is 0 Å². The van der Waals surface area contributed by atoms with Crippen LogP contribution in [0.2, 0.25) is 0 Å². The van der Waals surface area contributed by atoms with E-state index in [-0.39, 0.29) is 11.5 Å². The number of rotatable bonds is 2. The van der Waals surface area contributed by atoms with Crippen LogP contribution in [0.4, 0.5) is 11.5 Å². The molecule has 0 amide bonds. The molecule has 0 fully saturated rings. The summed E-state index contributed by atoms with van der Waals surface area (Å²) in [5.41, 5.74) is 5.59. The van der Waals surface area contributed by atoms with E-state index in [9.17, 15) is 10.1 Å². The standard InChI is InChI=1S/C10H9N3O3/c1-16-9-5-6(13(14)15)4-8-7(9)2-3-12-10(8)11/h2-5H,1H3,(H2,11,12). The molecule has 16 heavy (non-hydrogen) atoms. The second-order valence-electron chi connectivity index (χ2n) is 3.20. The van der Waals surface area contributed by atoms with Gasteiger partial charge in [-0.3, -0.25) is 10.1 Å². The average Bonchev–Trinajstić information content (AvgIpc) is 2.28. The first kappa shape index (κ1) is 10.2. The Kier molecular flexibility index (Phi) is 2.32. The lowest BCUT2D eigenvalue weighted by atomic mass is 10.1. The third-order valence-electron chi connectivity index (χ3n) is 2.29. The largest absolute Gasteiger partial charge is 0.496 e. The lowest BCUT2D eigenvalue weighted by Gasteiger charge is -2.06. The number of ether oxygens (including phenoxy) is 1. The molecule has 2 aromatic rings. The second-order valence-corrected chi connectivity index (χ2v) is 3.20. The van der Waals surface area contributed by atoms with Crippen LogP contribution >= 0.6 is 0 Å². The number of fused-ring (bicyclic) bond motifs is 1. The zero-order valence-corrected chi connectivity index (χ0v) is 8.51. The molecule has 0 radical (unpaired) electrons. The maximum Gasteiger partial charge on any atom is 0.273 e. The number of pyridine rings is 1. The predicted molar refractivity (Wildman–Crippen MR) is 59.4 cm³/mol. The molecule has 2 N–H and O–H groups in total. The SMILES string of the molecule is COc1cc([N+](=O)[O-])cc2c(N)nccc12. The highest BCUT2D eigenvalue weighted by molar-refractivity contribution is 5.96. The Labute approximate surface area is 90.8 Å². The van der Waals surface area contributed by atoms with Gasteiger partial charge in [-0.1, -0.05) is 0 Å². The molecule has 0 bridgehead atoms. The summed E-state index contributed by atoms with van der Waals surface area (Å²) in [6.07, 6.45) is 1.53. The molecule has 82 valence electrons. The van der Waals surface area contributed by atoms with Crippen molar-refractivity contribution in [2.45, 2.75) is 0 Å². The van der Waals surface area contributed by atoms with Crippen LogP contribution in [0.5, 0.6) is 5.75 Å². The van der Waals surface area contributed by atoms with Crippen LogP contribution in [-0.4, -0.2) is 17.0 Å². The molecular weight excluding hydrogens is 210 g/mol. The van der Waals surface area contributed by atoms with Gasteiger partial charge in [0.15, 0.2) is 0 Å². The fourth-order valence-corrected chi connectivity index (χ4v) is 1.53. The summed E-state index contributed by atoms with van der Waals surface area (Å²) in [7, 11) is 1.45. The van der Waals surface area contributed by atoms with Crippen molar-refractivity contribution in [2.75, 3.05) is 12.8 Å². The molecule has 1 heterocycles. The van der Waals surface area contributed by atoms with Crippen LogP contribution in [-0.2, 0) is 0 Å². The van der Waals surface area contributed by atoms with E-state index < -0.39 is 4.92 Å². The van der Waals surface area contributed by atoms with Gasteiger partial charge in [0.2, 0.25) is 0 Å². The zero-order chi connectivity index (χ0) is 11.7. The lowest BCUT2D eigenvalue weighted by Crippen LogP contribution is -1.95. The maximum absolute atomic E-state index is 10.7. The van der Waals surface area contributed by atoms with Gasteiger partial charge in [-0.05, 0) is 6.07 Å². The Morgan fingerprint density at radius 2 is 2.19 bits per heavy atom. The van der Waals surface area contributed by atoms with Gasteiger partial charge in [-0.25, -0.2) is 4.98 Å². The number of hydrogen-bond donors (Lipinski definition) is 1. The van der Waals surface area contributed by atoms with Gasteiger partial charge in [-0.2, -0.15) is 0 Å². The Morgan fingerprint density at radius 1 is 1.44 bits per heavy atom. The van der Waals surface area contributed by atoms with Crippen molar-refractivity contribution in [3.8, 4) is 5.75 Å². The van der Waals surface area contributed by atoms with Crippen molar-refractivity contribution in [1.29, 1.82) is 0 Å². The number of anilines is 1. The minimum absolute atomic E-state index is 0.0657. The molecular formula is C10H9N3O3. The first-order valence-corrected chi connectivity index (χ1v) is 4.50. The highest BCUT2D eigenvalue weighted by Crippen LogP contribution is 2.32. The highest BCUT2D eigenvalue weighted by Gasteiger charge is 2.13. The van der Waals surface area contributed by atoms with Gasteiger partial charge in [0.25, 0.3) is 5.69 Å². The van der Waals surface area contributed by atoms with E-state index in [1.807, 2.05) is 0 Å². The van der Waals surface area contributed by atoms with E-state index in [0.29, 0.717) is 16.5 Å². The van der Waals surface area contributed by atoms with Crippen molar-refractivity contribution in [3.63, 3.8) is 0 Å². The molecule has 6 heteroatoms. The summed E-state index contributed by atoms with van der Waals surface area (Å²) in [5.74, 6) is 0.665. The minimum atomic E-state index is -0.492. The molecule has 2 rings (SSSR count). The Bertz CT molecular complexity index is 568. The molecule has 0 saturated carbocycles. The number of nitrogens with zero attached hydrogens (tertiary/aromatic N) is 2. The average molecular weight is 219 g/mol. The zero-order valence-electron chi connectivity index (χ0n) is 8.51. The van der Waals surface area contributed by atoms with E-state index in [1.54, 1.807) is 6.07 Å². The second kappa shape index (κ2) is 3.65. The van der Waals surface area contributed by atoms with E-state index >= 15 is 0 Å². The third kappa shape index (κ3) is 1.50. The molecule has 0 aliphatic heterocycles. The van der Waals surface area contributed by atoms with Gasteiger partial charge in [0.1, 0.15) is 11.6 Å². The predicted octanol–water partition coefficient (Wildman–Crippen LogP) is 1.73. The topological polar surface area (TPSA) is 91.3 Å². The minimum Gasteiger partial charge on any atom is -0.496 e. The highest BCUT2D eigenvalue weighted by atomic mass is 16.6. The maximum atomic E-state index is 10.7. The van der Waals surface area contributed by atoms with Crippen molar-refractivity contribution >= 4 is 22.3 Å². The molecule has 0 unspecified atom stereocenters. The number of nitro benzene ring substituents is 1. The van der Waals surface area contributed by atoms with E-state index in [0.717, 1.165) is 0 Å². The monoisotopic (exact) mass is 219 g/mol. The number of aromatic nitrogens is 1. The van der Waals surface area contributed by atoms with Crippen molar-refractivity contribution in [1.82, 2.24) is 4.98 Å². The summed E-state index contributed by atoms with van der Waals surface area (Å²) in [5, 5.41) is 11.9. The molecule has 0 aliphatic rings. The summed E-state index contributed by atoms with van der Waals surface area (Å²) in [6, 6.07) is 4.45. The molecule has 6 nitrogen and oxygen atoms in total. The molecule has 0 spiro atoms. The lowest BCUT2D eigenvalue weighted by molar-refractivity contribution is -0.384. The summed E-state index contributed by atoms with van der Waals surface area (Å²) >= 11 is 0. The van der Waals surface area contributed by atoms with Crippen LogP contribution in [0.15, 0.2) is 24.4 Å².